The number of benzene rings is 6. The number of allylic oxidation sites excluding steroid dienone is 4. The van der Waals surface area contributed by atoms with Gasteiger partial charge in [0, 0.05) is 5.69 Å². The summed E-state index contributed by atoms with van der Waals surface area (Å²) in [7, 11) is 0. The molecule has 0 saturated carbocycles. The molecule has 0 aliphatic rings. The molecule has 57 heavy (non-hydrogen) atoms. The van der Waals surface area contributed by atoms with E-state index in [-0.39, 0.29) is 31.9 Å². The van der Waals surface area contributed by atoms with Gasteiger partial charge in [-0.25, -0.2) is 0 Å². The van der Waals surface area contributed by atoms with Crippen molar-refractivity contribution >= 4 is 11.3 Å². The minimum atomic E-state index is -0.231. The Morgan fingerprint density at radius 1 is 0.561 bits per heavy atom. The van der Waals surface area contributed by atoms with E-state index < -0.39 is 0 Å². The summed E-state index contributed by atoms with van der Waals surface area (Å²) in [6, 6.07) is 63.3. The summed E-state index contributed by atoms with van der Waals surface area (Å²) in [4.78, 5) is 5.08. The van der Waals surface area contributed by atoms with Gasteiger partial charge < -0.3 is 5.32 Å². The van der Waals surface area contributed by atoms with E-state index in [1.807, 2.05) is 110 Å². The first-order chi connectivity index (χ1) is 27.2. The molecule has 1 heterocycles. The second-order valence-electron chi connectivity index (χ2n) is 13.5. The van der Waals surface area contributed by atoms with Gasteiger partial charge in [-0.3, -0.25) is 4.98 Å². The van der Waals surface area contributed by atoms with E-state index in [1.165, 1.54) is 16.7 Å². The van der Waals surface area contributed by atoms with Gasteiger partial charge in [-0.1, -0.05) is 135 Å². The predicted octanol–water partition coefficient (Wildman–Crippen LogP) is 15.3. The molecule has 1 atom stereocenters. The summed E-state index contributed by atoms with van der Waals surface area (Å²) < 4.78 is 0. The molecule has 0 aliphatic carbocycles. The van der Waals surface area contributed by atoms with E-state index in [9.17, 15) is 0 Å². The second-order valence-corrected chi connectivity index (χ2v) is 13.5. The van der Waals surface area contributed by atoms with Crippen molar-refractivity contribution < 1.29 is 25.8 Å². The van der Waals surface area contributed by atoms with Crippen molar-refractivity contribution in [3.63, 3.8) is 0 Å². The first-order valence-corrected chi connectivity index (χ1v) is 19.1. The average molecular weight is 910 g/mol. The van der Waals surface area contributed by atoms with Crippen molar-refractivity contribution in [1.82, 2.24) is 4.98 Å². The Balaban J connectivity index is 0.000000317. The maximum atomic E-state index is 5.25. The quantitative estimate of drug-likeness (QED) is 0.0848. The van der Waals surface area contributed by atoms with Gasteiger partial charge in [0.15, 0.2) is 0 Å². The Morgan fingerprint density at radius 2 is 1.04 bits per heavy atom. The van der Waals surface area contributed by atoms with Crippen LogP contribution in [0, 0.1) is 20.8 Å². The van der Waals surface area contributed by atoms with E-state index in [0.29, 0.717) is 5.92 Å². The third-order valence-electron chi connectivity index (χ3n) is 8.70. The van der Waals surface area contributed by atoms with Crippen LogP contribution in [0.25, 0.3) is 22.0 Å². The molecule has 0 amide bonds. The van der Waals surface area contributed by atoms with Gasteiger partial charge in [-0.2, -0.15) is 73.9 Å². The molecule has 0 aliphatic heterocycles. The normalized spacial score (nSPS) is 11.0. The fraction of sp³-hybridized carbons (Fsp3) is 0.111. The number of hydrogen-bond donors (Lipinski definition) is 0. The van der Waals surface area contributed by atoms with Crippen LogP contribution < -0.4 is 0 Å². The van der Waals surface area contributed by atoms with Gasteiger partial charge in [0.25, 0.3) is 0 Å². The van der Waals surface area contributed by atoms with Gasteiger partial charge in [-0.15, -0.1) is 42.1 Å². The molecule has 1 unspecified atom stereocenters. The van der Waals surface area contributed by atoms with Crippen LogP contribution in [0.5, 0.6) is 0 Å². The van der Waals surface area contributed by atoms with Crippen LogP contribution in [-0.4, -0.2) is 4.98 Å². The molecule has 0 spiro atoms. The van der Waals surface area contributed by atoms with E-state index in [0.717, 1.165) is 44.9 Å². The van der Waals surface area contributed by atoms with Gasteiger partial charge >= 0.3 is 25.8 Å². The fourth-order valence-electron chi connectivity index (χ4n) is 5.59. The average Bonchev–Trinajstić information content (AvgIpc) is 3.24. The van der Waals surface area contributed by atoms with Crippen LogP contribution in [-0.2, 0) is 25.8 Å². The molecule has 2 nitrogen and oxygen atoms in total. The molecule has 1 aromatic heterocycles. The van der Waals surface area contributed by atoms with Crippen LogP contribution in [0.3, 0.4) is 0 Å². The summed E-state index contributed by atoms with van der Waals surface area (Å²) in [5.74, 6) is 0.490. The zero-order chi connectivity index (χ0) is 40.0. The summed E-state index contributed by atoms with van der Waals surface area (Å²) in [5.41, 5.74) is 12.0. The van der Waals surface area contributed by atoms with Crippen LogP contribution in [0.2, 0.25) is 0 Å². The summed E-state index contributed by atoms with van der Waals surface area (Å²) in [5, 5.41) is 5.25. The molecule has 0 radical (unpaired) electrons. The Labute approximate surface area is 362 Å². The first-order valence-electron chi connectivity index (χ1n) is 19.1. The van der Waals surface area contributed by atoms with Crippen LogP contribution in [0.15, 0.2) is 206 Å². The van der Waals surface area contributed by atoms with Crippen LogP contribution >= 0.6 is 0 Å². The third-order valence-corrected chi connectivity index (χ3v) is 8.70. The zero-order valence-corrected chi connectivity index (χ0v) is 37.4. The summed E-state index contributed by atoms with van der Waals surface area (Å²) in [6.07, 6.45) is 6.18. The van der Waals surface area contributed by atoms with Crippen LogP contribution in [0.1, 0.15) is 78.9 Å². The second kappa shape index (κ2) is 25.4. The Morgan fingerprint density at radius 3 is 1.49 bits per heavy atom. The van der Waals surface area contributed by atoms with Gasteiger partial charge in [-0.05, 0) is 65.8 Å². The smallest absolute Gasteiger partial charge is 0.673 e. The molecule has 284 valence electrons. The third kappa shape index (κ3) is 16.1. The molecule has 3 heteroatoms. The number of aromatic nitrogens is 1. The van der Waals surface area contributed by atoms with Crippen molar-refractivity contribution in [2.45, 2.75) is 39.7 Å². The fourth-order valence-corrected chi connectivity index (χ4v) is 5.59. The van der Waals surface area contributed by atoms with Gasteiger partial charge in [0.05, 0.1) is 5.69 Å². The monoisotopic (exact) mass is 910 g/mol. The minimum absolute atomic E-state index is 0. The van der Waals surface area contributed by atoms with E-state index >= 15 is 0 Å². The van der Waals surface area contributed by atoms with Crippen molar-refractivity contribution in [2.75, 3.05) is 0 Å². The van der Waals surface area contributed by atoms with Crippen molar-refractivity contribution in [1.29, 1.82) is 0 Å². The van der Waals surface area contributed by atoms with Gasteiger partial charge in [0.1, 0.15) is 0 Å². The van der Waals surface area contributed by atoms with E-state index in [1.54, 1.807) is 0 Å². The SMILES string of the molecule is C/C=C\C=C(/C)c1cccc(C([N-]c2ccc(C(C)C)cc2)c2ccccc2-c2ccccc2)n1.[CH2-]c1ccccc1.[CH2-]c1ccccc1.[CH2-]c1ccccc1.[Hf+4]. The molecule has 0 fully saturated rings. The molecule has 0 saturated heterocycles. The van der Waals surface area contributed by atoms with Crippen molar-refractivity contribution in [3.05, 3.63) is 272 Å². The molecule has 7 rings (SSSR count). The molecular formula is C54H54HfN2. The molecule has 0 bridgehead atoms. The largest absolute Gasteiger partial charge is 4.00 e. The summed E-state index contributed by atoms with van der Waals surface area (Å²) in [6.45, 7) is 19.7. The Hall–Kier alpha value is -5.77. The van der Waals surface area contributed by atoms with Crippen molar-refractivity contribution in [3.8, 4) is 11.1 Å². The maximum Gasteiger partial charge on any atom is 4.00 e. The molecular weight excluding hydrogens is 855 g/mol. The summed E-state index contributed by atoms with van der Waals surface area (Å²) >= 11 is 0. The van der Waals surface area contributed by atoms with Gasteiger partial charge in [0.2, 0.25) is 0 Å². The number of pyridine rings is 1. The Kier molecular flexibility index (Phi) is 20.3. The van der Waals surface area contributed by atoms with Crippen molar-refractivity contribution in [2.24, 2.45) is 0 Å². The number of rotatable bonds is 8. The minimum Gasteiger partial charge on any atom is -0.673 e. The Bertz CT molecular complexity index is 2090. The number of hydrogen-bond acceptors (Lipinski definition) is 1. The first kappa shape index (κ1) is 45.6. The molecule has 0 N–H and O–H groups in total. The maximum absolute atomic E-state index is 5.25. The topological polar surface area (TPSA) is 27.0 Å². The van der Waals surface area contributed by atoms with E-state index in [2.05, 4.69) is 145 Å². The molecule has 7 aromatic rings. The zero-order valence-electron chi connectivity index (χ0n) is 33.8. The van der Waals surface area contributed by atoms with Crippen LogP contribution in [0.4, 0.5) is 5.69 Å². The predicted molar refractivity (Wildman–Crippen MR) is 243 cm³/mol. The standard InChI is InChI=1S/C33H33N2.3C7H7.Hf/c1-5-6-13-25(4)31-18-12-19-32(35-31)33(34-28-22-20-26(21-23-28)24(2)3)30-17-11-10-16-29(30)27-14-8-7-9-15-27;3*1-7-5-3-2-4-6-7;/h5-24,33H,1-4H3;3*2-6H,1H2;/q4*-1;+4/b6-5-,25-13+;;;;. The number of nitrogens with zero attached hydrogens (tertiary/aromatic N) is 2. The molecule has 6 aromatic carbocycles. The van der Waals surface area contributed by atoms with E-state index in [4.69, 9.17) is 10.3 Å².